The van der Waals surface area contributed by atoms with E-state index in [-0.39, 0.29) is 11.7 Å². The van der Waals surface area contributed by atoms with Crippen LogP contribution in [0.2, 0.25) is 0 Å². The predicted molar refractivity (Wildman–Crippen MR) is 67.0 cm³/mol. The molecule has 1 aromatic rings. The molecule has 1 N–H and O–H groups in total. The number of phenolic OH excluding ortho intramolecular Hbond substituents is 1. The molecule has 0 spiro atoms. The number of carbonyl (C=O) groups excluding carboxylic acids is 1. The van der Waals surface area contributed by atoms with E-state index < -0.39 is 0 Å². The summed E-state index contributed by atoms with van der Waals surface area (Å²) in [7, 11) is 0. The Morgan fingerprint density at radius 3 is 2.71 bits per heavy atom. The number of rotatable bonds is 2. The quantitative estimate of drug-likeness (QED) is 0.852. The van der Waals surface area contributed by atoms with Crippen molar-refractivity contribution in [3.63, 3.8) is 0 Å². The summed E-state index contributed by atoms with van der Waals surface area (Å²) in [5, 5.41) is 9.67. The molecule has 0 bridgehead atoms. The van der Waals surface area contributed by atoms with Crippen LogP contribution in [0.15, 0.2) is 24.3 Å². The SMILES string of the molecule is CC(C)C1CCN(C(=O)c2ccccc2O)C1. The Kier molecular flexibility index (Phi) is 3.36. The number of hydrogen-bond acceptors (Lipinski definition) is 2. The molecule has 1 aromatic carbocycles. The van der Waals surface area contributed by atoms with E-state index in [1.807, 2.05) is 4.90 Å². The minimum absolute atomic E-state index is 0.0498. The van der Waals surface area contributed by atoms with E-state index in [1.54, 1.807) is 24.3 Å². The maximum atomic E-state index is 12.2. The Morgan fingerprint density at radius 1 is 1.41 bits per heavy atom. The van der Waals surface area contributed by atoms with Crippen LogP contribution in [0, 0.1) is 11.8 Å². The highest BCUT2D eigenvalue weighted by Crippen LogP contribution is 2.26. The number of amides is 1. The molecule has 1 heterocycles. The normalized spacial score (nSPS) is 19.9. The largest absolute Gasteiger partial charge is 0.507 e. The minimum atomic E-state index is -0.0498. The number of likely N-dealkylation sites (tertiary alicyclic amines) is 1. The van der Waals surface area contributed by atoms with Crippen molar-refractivity contribution in [2.45, 2.75) is 20.3 Å². The molecule has 0 aromatic heterocycles. The molecule has 3 nitrogen and oxygen atoms in total. The summed E-state index contributed by atoms with van der Waals surface area (Å²) in [4.78, 5) is 14.0. The van der Waals surface area contributed by atoms with E-state index in [2.05, 4.69) is 13.8 Å². The van der Waals surface area contributed by atoms with Gasteiger partial charge in [0.1, 0.15) is 5.75 Å². The Balaban J connectivity index is 2.10. The maximum absolute atomic E-state index is 12.2. The van der Waals surface area contributed by atoms with Gasteiger partial charge in [0.25, 0.3) is 5.91 Å². The fraction of sp³-hybridized carbons (Fsp3) is 0.500. The fourth-order valence-corrected chi connectivity index (χ4v) is 2.34. The second kappa shape index (κ2) is 4.78. The standard InChI is InChI=1S/C14H19NO2/c1-10(2)11-7-8-15(9-11)14(17)12-5-3-4-6-13(12)16/h3-6,10-11,16H,7-9H2,1-2H3. The van der Waals surface area contributed by atoms with Crippen LogP contribution >= 0.6 is 0 Å². The number of phenols is 1. The van der Waals surface area contributed by atoms with E-state index in [9.17, 15) is 9.90 Å². The van der Waals surface area contributed by atoms with Crippen molar-refractivity contribution in [3.8, 4) is 5.75 Å². The Hall–Kier alpha value is -1.51. The second-order valence-electron chi connectivity index (χ2n) is 5.06. The summed E-state index contributed by atoms with van der Waals surface area (Å²) in [5.41, 5.74) is 0.414. The maximum Gasteiger partial charge on any atom is 0.257 e. The van der Waals surface area contributed by atoms with Gasteiger partial charge in [-0.05, 0) is 30.4 Å². The number of hydrogen-bond donors (Lipinski definition) is 1. The lowest BCUT2D eigenvalue weighted by Gasteiger charge is -2.18. The van der Waals surface area contributed by atoms with Gasteiger partial charge in [0.15, 0.2) is 0 Å². The lowest BCUT2D eigenvalue weighted by Crippen LogP contribution is -2.29. The van der Waals surface area contributed by atoms with E-state index >= 15 is 0 Å². The number of carbonyl (C=O) groups is 1. The van der Waals surface area contributed by atoms with Gasteiger partial charge in [0.2, 0.25) is 0 Å². The molecular weight excluding hydrogens is 214 g/mol. The Bertz CT molecular complexity index is 414. The lowest BCUT2D eigenvalue weighted by atomic mass is 9.95. The van der Waals surface area contributed by atoms with Gasteiger partial charge >= 0.3 is 0 Å². The number of para-hydroxylation sites is 1. The van der Waals surface area contributed by atoms with Gasteiger partial charge in [-0.3, -0.25) is 4.79 Å². The topological polar surface area (TPSA) is 40.5 Å². The number of benzene rings is 1. The van der Waals surface area contributed by atoms with Crippen LogP contribution in [0.1, 0.15) is 30.6 Å². The molecule has 17 heavy (non-hydrogen) atoms. The second-order valence-corrected chi connectivity index (χ2v) is 5.06. The van der Waals surface area contributed by atoms with E-state index in [1.165, 1.54) is 0 Å². The first-order valence-corrected chi connectivity index (χ1v) is 6.17. The molecule has 1 aliphatic rings. The van der Waals surface area contributed by atoms with Gasteiger partial charge in [-0.25, -0.2) is 0 Å². The zero-order valence-corrected chi connectivity index (χ0v) is 10.4. The van der Waals surface area contributed by atoms with Crippen molar-refractivity contribution >= 4 is 5.91 Å². The molecule has 1 unspecified atom stereocenters. The average molecular weight is 233 g/mol. The molecule has 0 radical (unpaired) electrons. The van der Waals surface area contributed by atoms with Crippen molar-refractivity contribution < 1.29 is 9.90 Å². The van der Waals surface area contributed by atoms with Crippen LogP contribution in [0.3, 0.4) is 0 Å². The van der Waals surface area contributed by atoms with Gasteiger partial charge in [0, 0.05) is 13.1 Å². The molecule has 2 rings (SSSR count). The predicted octanol–water partition coefficient (Wildman–Crippen LogP) is 2.51. The molecule has 1 saturated heterocycles. The lowest BCUT2D eigenvalue weighted by molar-refractivity contribution is 0.0781. The molecule has 0 aliphatic carbocycles. The van der Waals surface area contributed by atoms with Gasteiger partial charge < -0.3 is 10.0 Å². The summed E-state index contributed by atoms with van der Waals surface area (Å²) in [5.74, 6) is 1.22. The smallest absolute Gasteiger partial charge is 0.257 e. The highest BCUT2D eigenvalue weighted by molar-refractivity contribution is 5.96. The molecule has 1 atom stereocenters. The highest BCUT2D eigenvalue weighted by atomic mass is 16.3. The minimum Gasteiger partial charge on any atom is -0.507 e. The number of aromatic hydroxyl groups is 1. The van der Waals surface area contributed by atoms with Gasteiger partial charge in [0.05, 0.1) is 5.56 Å². The van der Waals surface area contributed by atoms with Crippen molar-refractivity contribution in [2.75, 3.05) is 13.1 Å². The van der Waals surface area contributed by atoms with Gasteiger partial charge in [-0.15, -0.1) is 0 Å². The van der Waals surface area contributed by atoms with Crippen molar-refractivity contribution in [1.29, 1.82) is 0 Å². The van der Waals surface area contributed by atoms with Crippen LogP contribution < -0.4 is 0 Å². The first kappa shape index (κ1) is 12.0. The molecule has 1 aliphatic heterocycles. The first-order chi connectivity index (χ1) is 8.09. The molecule has 0 saturated carbocycles. The zero-order chi connectivity index (χ0) is 12.4. The average Bonchev–Trinajstić information content (AvgIpc) is 2.78. The van der Waals surface area contributed by atoms with Crippen LogP contribution in [0.25, 0.3) is 0 Å². The molecule has 92 valence electrons. The zero-order valence-electron chi connectivity index (χ0n) is 10.4. The Morgan fingerprint density at radius 2 is 2.12 bits per heavy atom. The molecule has 3 heteroatoms. The monoisotopic (exact) mass is 233 g/mol. The summed E-state index contributed by atoms with van der Waals surface area (Å²) in [6, 6.07) is 6.75. The summed E-state index contributed by atoms with van der Waals surface area (Å²) in [6.45, 7) is 6.00. The Labute approximate surface area is 102 Å². The van der Waals surface area contributed by atoms with Gasteiger partial charge in [-0.2, -0.15) is 0 Å². The van der Waals surface area contributed by atoms with E-state index in [0.29, 0.717) is 17.4 Å². The third kappa shape index (κ3) is 2.43. The fourth-order valence-electron chi connectivity index (χ4n) is 2.34. The van der Waals surface area contributed by atoms with Crippen LogP contribution in [-0.4, -0.2) is 29.0 Å². The third-order valence-electron chi connectivity index (χ3n) is 3.59. The van der Waals surface area contributed by atoms with E-state index in [4.69, 9.17) is 0 Å². The van der Waals surface area contributed by atoms with Crippen LogP contribution in [0.4, 0.5) is 0 Å². The van der Waals surface area contributed by atoms with E-state index in [0.717, 1.165) is 19.5 Å². The highest BCUT2D eigenvalue weighted by Gasteiger charge is 2.29. The summed E-state index contributed by atoms with van der Waals surface area (Å²) < 4.78 is 0. The molecule has 1 fully saturated rings. The summed E-state index contributed by atoms with van der Waals surface area (Å²) >= 11 is 0. The van der Waals surface area contributed by atoms with Crippen LogP contribution in [-0.2, 0) is 0 Å². The van der Waals surface area contributed by atoms with Crippen LogP contribution in [0.5, 0.6) is 5.75 Å². The third-order valence-corrected chi connectivity index (χ3v) is 3.59. The van der Waals surface area contributed by atoms with Crippen molar-refractivity contribution in [3.05, 3.63) is 29.8 Å². The molecule has 1 amide bonds. The van der Waals surface area contributed by atoms with Gasteiger partial charge in [-0.1, -0.05) is 26.0 Å². The van der Waals surface area contributed by atoms with Crippen molar-refractivity contribution in [2.24, 2.45) is 11.8 Å². The summed E-state index contributed by atoms with van der Waals surface area (Å²) in [6.07, 6.45) is 1.07. The first-order valence-electron chi connectivity index (χ1n) is 6.17. The number of nitrogens with zero attached hydrogens (tertiary/aromatic N) is 1. The molecular formula is C14H19NO2. The van der Waals surface area contributed by atoms with Crippen molar-refractivity contribution in [1.82, 2.24) is 4.90 Å².